The molecule has 4 nitrogen and oxygen atoms in total. The molecule has 1 aliphatic rings. The molecule has 1 aromatic rings. The van der Waals surface area contributed by atoms with Crippen molar-refractivity contribution in [2.75, 3.05) is 12.3 Å². The van der Waals surface area contributed by atoms with E-state index in [-0.39, 0.29) is 11.2 Å². The van der Waals surface area contributed by atoms with Crippen LogP contribution in [-0.4, -0.2) is 24.9 Å². The molecule has 1 saturated heterocycles. The number of benzene rings is 1. The maximum atomic E-state index is 6.00. The van der Waals surface area contributed by atoms with Gasteiger partial charge in [0.15, 0.2) is 0 Å². The number of nitrogen functional groups attached to an aromatic ring is 1. The van der Waals surface area contributed by atoms with E-state index in [9.17, 15) is 0 Å². The third-order valence-electron chi connectivity index (χ3n) is 3.79. The Morgan fingerprint density at radius 2 is 1.68 bits per heavy atom. The van der Waals surface area contributed by atoms with Crippen LogP contribution in [0.4, 0.5) is 5.69 Å². The van der Waals surface area contributed by atoms with Gasteiger partial charge in [0.2, 0.25) is 0 Å². The highest BCUT2D eigenvalue weighted by molar-refractivity contribution is 6.62. The summed E-state index contributed by atoms with van der Waals surface area (Å²) in [6, 6.07) is 5.59. The third kappa shape index (κ3) is 2.72. The van der Waals surface area contributed by atoms with Gasteiger partial charge in [-0.25, -0.2) is 0 Å². The summed E-state index contributed by atoms with van der Waals surface area (Å²) >= 11 is 0. The zero-order chi connectivity index (χ0) is 14.3. The van der Waals surface area contributed by atoms with Gasteiger partial charge in [-0.2, -0.15) is 0 Å². The van der Waals surface area contributed by atoms with E-state index < -0.39 is 7.12 Å². The molecule has 0 unspecified atom stereocenters. The van der Waals surface area contributed by atoms with Crippen molar-refractivity contribution in [1.82, 2.24) is 0 Å². The van der Waals surface area contributed by atoms with Crippen LogP contribution in [0.2, 0.25) is 0 Å². The normalized spacial score (nSPS) is 20.6. The molecule has 0 amide bonds. The van der Waals surface area contributed by atoms with E-state index in [1.165, 1.54) is 0 Å². The van der Waals surface area contributed by atoms with Crippen LogP contribution in [0.5, 0.6) is 5.75 Å². The second-order valence-corrected chi connectivity index (χ2v) is 5.86. The van der Waals surface area contributed by atoms with E-state index >= 15 is 0 Å². The minimum absolute atomic E-state index is 0.353. The lowest BCUT2D eigenvalue weighted by Crippen LogP contribution is -2.41. The summed E-state index contributed by atoms with van der Waals surface area (Å²) < 4.78 is 17.5. The Balaban J connectivity index is 2.29. The average molecular weight is 263 g/mol. The van der Waals surface area contributed by atoms with Crippen molar-refractivity contribution in [1.29, 1.82) is 0 Å². The Bertz CT molecular complexity index is 458. The van der Waals surface area contributed by atoms with Crippen LogP contribution in [0.1, 0.15) is 34.6 Å². The summed E-state index contributed by atoms with van der Waals surface area (Å²) in [5.41, 5.74) is 6.73. The predicted octanol–water partition coefficient (Wildman–Crippen LogP) is 1.97. The molecule has 1 heterocycles. The van der Waals surface area contributed by atoms with Gasteiger partial charge in [0.25, 0.3) is 0 Å². The van der Waals surface area contributed by atoms with Gasteiger partial charge in [-0.3, -0.25) is 0 Å². The summed E-state index contributed by atoms with van der Waals surface area (Å²) in [6.07, 6.45) is 0. The number of anilines is 1. The predicted molar refractivity (Wildman–Crippen MR) is 77.7 cm³/mol. The number of nitrogens with two attached hydrogens (primary N) is 1. The highest BCUT2D eigenvalue weighted by Crippen LogP contribution is 2.36. The quantitative estimate of drug-likeness (QED) is 0.669. The first-order valence-corrected chi connectivity index (χ1v) is 6.64. The van der Waals surface area contributed by atoms with Crippen molar-refractivity contribution in [2.24, 2.45) is 0 Å². The lowest BCUT2D eigenvalue weighted by molar-refractivity contribution is 0.00578. The fourth-order valence-corrected chi connectivity index (χ4v) is 2.01. The van der Waals surface area contributed by atoms with Crippen molar-refractivity contribution >= 4 is 18.3 Å². The maximum Gasteiger partial charge on any atom is 0.495 e. The van der Waals surface area contributed by atoms with Gasteiger partial charge in [0.1, 0.15) is 5.75 Å². The van der Waals surface area contributed by atoms with Crippen LogP contribution in [-0.2, 0) is 9.31 Å². The number of rotatable bonds is 3. The van der Waals surface area contributed by atoms with Crippen LogP contribution >= 0.6 is 0 Å². The highest BCUT2D eigenvalue weighted by Gasteiger charge is 2.51. The molecule has 104 valence electrons. The van der Waals surface area contributed by atoms with Crippen molar-refractivity contribution in [2.45, 2.75) is 45.8 Å². The van der Waals surface area contributed by atoms with Gasteiger partial charge < -0.3 is 19.8 Å². The molecule has 2 N–H and O–H groups in total. The summed E-state index contributed by atoms with van der Waals surface area (Å²) in [5.74, 6) is 0.743. The van der Waals surface area contributed by atoms with E-state index in [1.54, 1.807) is 6.07 Å². The van der Waals surface area contributed by atoms with Gasteiger partial charge in [-0.15, -0.1) is 0 Å². The molecule has 1 fully saturated rings. The fourth-order valence-electron chi connectivity index (χ4n) is 2.01. The average Bonchev–Trinajstić information content (AvgIpc) is 2.48. The molecule has 0 aliphatic carbocycles. The van der Waals surface area contributed by atoms with E-state index in [2.05, 4.69) is 0 Å². The lowest BCUT2D eigenvalue weighted by Gasteiger charge is -2.32. The monoisotopic (exact) mass is 263 g/mol. The van der Waals surface area contributed by atoms with Gasteiger partial charge in [-0.05, 0) is 52.2 Å². The van der Waals surface area contributed by atoms with Gasteiger partial charge in [0, 0.05) is 11.8 Å². The SMILES string of the molecule is CCOc1cc(N)cc(B2OC(C)(C)C(C)(C)O2)c1. The molecule has 19 heavy (non-hydrogen) atoms. The van der Waals surface area contributed by atoms with Crippen LogP contribution in [0.15, 0.2) is 18.2 Å². The minimum atomic E-state index is -0.410. The second-order valence-electron chi connectivity index (χ2n) is 5.86. The Labute approximate surface area is 115 Å². The Kier molecular flexibility index (Phi) is 3.54. The number of hydrogen-bond acceptors (Lipinski definition) is 4. The first kappa shape index (κ1) is 14.2. The molecule has 5 heteroatoms. The summed E-state index contributed by atoms with van der Waals surface area (Å²) in [5, 5.41) is 0. The molecule has 0 spiro atoms. The molecular weight excluding hydrogens is 241 g/mol. The largest absolute Gasteiger partial charge is 0.495 e. The van der Waals surface area contributed by atoms with Crippen molar-refractivity contribution in [3.63, 3.8) is 0 Å². The second kappa shape index (κ2) is 4.73. The Hall–Kier alpha value is -1.20. The van der Waals surface area contributed by atoms with E-state index in [0.29, 0.717) is 12.3 Å². The van der Waals surface area contributed by atoms with Crippen molar-refractivity contribution in [3.05, 3.63) is 18.2 Å². The molecule has 0 aromatic heterocycles. The Morgan fingerprint density at radius 1 is 1.11 bits per heavy atom. The topological polar surface area (TPSA) is 53.7 Å². The summed E-state index contributed by atoms with van der Waals surface area (Å²) in [6.45, 7) is 10.7. The number of hydrogen-bond donors (Lipinski definition) is 1. The van der Waals surface area contributed by atoms with Crippen LogP contribution in [0.3, 0.4) is 0 Å². The third-order valence-corrected chi connectivity index (χ3v) is 3.79. The van der Waals surface area contributed by atoms with E-state index in [4.69, 9.17) is 19.8 Å². The van der Waals surface area contributed by atoms with Gasteiger partial charge >= 0.3 is 7.12 Å². The Morgan fingerprint density at radius 3 is 2.21 bits per heavy atom. The van der Waals surface area contributed by atoms with Crippen LogP contribution in [0, 0.1) is 0 Å². The molecule has 0 bridgehead atoms. The number of ether oxygens (including phenoxy) is 1. The molecule has 1 aliphatic heterocycles. The molecule has 0 atom stereocenters. The van der Waals surface area contributed by atoms with Crippen LogP contribution < -0.4 is 15.9 Å². The maximum absolute atomic E-state index is 6.00. The first-order chi connectivity index (χ1) is 8.75. The molecule has 0 saturated carbocycles. The van der Waals surface area contributed by atoms with Crippen LogP contribution in [0.25, 0.3) is 0 Å². The summed E-state index contributed by atoms with van der Waals surface area (Å²) in [7, 11) is -0.410. The first-order valence-electron chi connectivity index (χ1n) is 6.64. The molecule has 2 rings (SSSR count). The smallest absolute Gasteiger partial charge is 0.494 e. The summed E-state index contributed by atoms with van der Waals surface area (Å²) in [4.78, 5) is 0. The molecule has 0 radical (unpaired) electrons. The molecule has 1 aromatic carbocycles. The highest BCUT2D eigenvalue weighted by atomic mass is 16.7. The zero-order valence-electron chi connectivity index (χ0n) is 12.3. The minimum Gasteiger partial charge on any atom is -0.494 e. The van der Waals surface area contributed by atoms with Gasteiger partial charge in [-0.1, -0.05) is 0 Å². The zero-order valence-corrected chi connectivity index (χ0v) is 12.3. The lowest BCUT2D eigenvalue weighted by atomic mass is 9.79. The van der Waals surface area contributed by atoms with Crippen molar-refractivity contribution < 1.29 is 14.0 Å². The van der Waals surface area contributed by atoms with E-state index in [1.807, 2.05) is 46.8 Å². The molecular formula is C14H22BNO3. The standard InChI is InChI=1S/C14H22BNO3/c1-6-17-12-8-10(7-11(16)9-12)15-18-13(2,3)14(4,5)19-15/h7-9H,6,16H2,1-5H3. The van der Waals surface area contributed by atoms with Gasteiger partial charge in [0.05, 0.1) is 17.8 Å². The fraction of sp³-hybridized carbons (Fsp3) is 0.571. The van der Waals surface area contributed by atoms with E-state index in [0.717, 1.165) is 11.2 Å². The van der Waals surface area contributed by atoms with Crippen molar-refractivity contribution in [3.8, 4) is 5.75 Å².